The topological polar surface area (TPSA) is 35.2 Å². The fraction of sp³-hybridized carbons (Fsp3) is 0.323. The molecule has 1 saturated heterocycles. The first-order chi connectivity index (χ1) is 17.9. The van der Waals surface area contributed by atoms with Crippen molar-refractivity contribution in [3.63, 3.8) is 0 Å². The standard InChI is InChI=1S/C31H34Cl2N4/c1-21(2)29(28-22(3)34-31(35-28)23-9-5-4-6-10-23)36-15-17-37(18-16-36)30(24-11-7-13-26(32)19-24)25-12-8-14-27(33)20-25/h4-14,19-21,29-30H,15-18H2,1-3H3,(H,34,35). The highest BCUT2D eigenvalue weighted by Crippen LogP contribution is 2.36. The van der Waals surface area contributed by atoms with Crippen LogP contribution in [0.15, 0.2) is 78.9 Å². The molecule has 0 radical (unpaired) electrons. The van der Waals surface area contributed by atoms with Crippen molar-refractivity contribution in [2.75, 3.05) is 26.2 Å². The van der Waals surface area contributed by atoms with E-state index in [-0.39, 0.29) is 12.1 Å². The number of aromatic nitrogens is 2. The van der Waals surface area contributed by atoms with E-state index in [0.717, 1.165) is 59.0 Å². The zero-order valence-corrected chi connectivity index (χ0v) is 23.2. The Bertz CT molecular complexity index is 1280. The van der Waals surface area contributed by atoms with Crippen molar-refractivity contribution in [3.05, 3.63) is 111 Å². The van der Waals surface area contributed by atoms with Crippen molar-refractivity contribution in [2.24, 2.45) is 5.92 Å². The number of hydrogen-bond donors (Lipinski definition) is 1. The first-order valence-electron chi connectivity index (χ1n) is 13.0. The lowest BCUT2D eigenvalue weighted by Crippen LogP contribution is -2.50. The maximum absolute atomic E-state index is 6.41. The van der Waals surface area contributed by atoms with Crippen molar-refractivity contribution < 1.29 is 0 Å². The fourth-order valence-corrected chi connectivity index (χ4v) is 6.04. The van der Waals surface area contributed by atoms with Crippen LogP contribution in [0.25, 0.3) is 11.4 Å². The molecule has 5 rings (SSSR count). The van der Waals surface area contributed by atoms with Gasteiger partial charge in [-0.05, 0) is 48.2 Å². The van der Waals surface area contributed by atoms with Crippen LogP contribution in [-0.2, 0) is 0 Å². The van der Waals surface area contributed by atoms with Crippen LogP contribution in [0.1, 0.15) is 48.4 Å². The third-order valence-electron chi connectivity index (χ3n) is 7.32. The van der Waals surface area contributed by atoms with Crippen molar-refractivity contribution in [2.45, 2.75) is 32.9 Å². The maximum atomic E-state index is 6.41. The number of hydrogen-bond acceptors (Lipinski definition) is 3. The van der Waals surface area contributed by atoms with Gasteiger partial charge in [0, 0.05) is 47.5 Å². The van der Waals surface area contributed by atoms with E-state index in [2.05, 4.69) is 84.1 Å². The van der Waals surface area contributed by atoms with Crippen molar-refractivity contribution >= 4 is 23.2 Å². The predicted octanol–water partition coefficient (Wildman–Crippen LogP) is 7.80. The molecule has 6 heteroatoms. The number of nitrogens with zero attached hydrogens (tertiary/aromatic N) is 3. The summed E-state index contributed by atoms with van der Waals surface area (Å²) in [6.07, 6.45) is 0. The predicted molar refractivity (Wildman–Crippen MR) is 154 cm³/mol. The molecule has 0 spiro atoms. The molecule has 1 aliphatic rings. The van der Waals surface area contributed by atoms with Gasteiger partial charge in [0.25, 0.3) is 0 Å². The summed E-state index contributed by atoms with van der Waals surface area (Å²) in [6.45, 7) is 10.6. The summed E-state index contributed by atoms with van der Waals surface area (Å²) in [4.78, 5) is 13.8. The molecule has 4 aromatic rings. The third kappa shape index (κ3) is 5.78. The number of aromatic amines is 1. The molecule has 2 heterocycles. The van der Waals surface area contributed by atoms with E-state index in [4.69, 9.17) is 28.2 Å². The first-order valence-corrected chi connectivity index (χ1v) is 13.8. The number of piperazine rings is 1. The SMILES string of the molecule is Cc1[nH]c(-c2ccccc2)nc1C(C(C)C)N1CCN(C(c2cccc(Cl)c2)c2cccc(Cl)c2)CC1. The lowest BCUT2D eigenvalue weighted by Gasteiger charge is -2.43. The van der Waals surface area contributed by atoms with Crippen molar-refractivity contribution in [3.8, 4) is 11.4 Å². The van der Waals surface area contributed by atoms with Crippen LogP contribution in [0.5, 0.6) is 0 Å². The molecule has 192 valence electrons. The minimum Gasteiger partial charge on any atom is -0.342 e. The second kappa shape index (κ2) is 11.4. The van der Waals surface area contributed by atoms with E-state index in [0.29, 0.717) is 5.92 Å². The monoisotopic (exact) mass is 532 g/mol. The zero-order chi connectivity index (χ0) is 25.9. The van der Waals surface area contributed by atoms with Crippen LogP contribution in [0.3, 0.4) is 0 Å². The summed E-state index contributed by atoms with van der Waals surface area (Å²) in [5, 5.41) is 1.51. The Morgan fingerprint density at radius 1 is 0.757 bits per heavy atom. The minimum absolute atomic E-state index is 0.105. The summed E-state index contributed by atoms with van der Waals surface area (Å²) >= 11 is 12.8. The largest absolute Gasteiger partial charge is 0.342 e. The van der Waals surface area contributed by atoms with E-state index in [9.17, 15) is 0 Å². The van der Waals surface area contributed by atoms with Gasteiger partial charge in [-0.15, -0.1) is 0 Å². The second-order valence-electron chi connectivity index (χ2n) is 10.2. The summed E-state index contributed by atoms with van der Waals surface area (Å²) in [5.41, 5.74) is 5.81. The average Bonchev–Trinajstić information content (AvgIpc) is 3.27. The summed E-state index contributed by atoms with van der Waals surface area (Å²) < 4.78 is 0. The van der Waals surface area contributed by atoms with E-state index >= 15 is 0 Å². The van der Waals surface area contributed by atoms with Gasteiger partial charge < -0.3 is 4.98 Å². The Labute approximate surface area is 230 Å². The lowest BCUT2D eigenvalue weighted by molar-refractivity contribution is 0.0599. The fourth-order valence-electron chi connectivity index (χ4n) is 5.65. The van der Waals surface area contributed by atoms with Crippen LogP contribution >= 0.6 is 23.2 Å². The highest BCUT2D eigenvalue weighted by atomic mass is 35.5. The number of H-pyrrole nitrogens is 1. The van der Waals surface area contributed by atoms with Gasteiger partial charge in [-0.2, -0.15) is 0 Å². The smallest absolute Gasteiger partial charge is 0.137 e. The average molecular weight is 534 g/mol. The normalized spacial score (nSPS) is 16.0. The summed E-state index contributed by atoms with van der Waals surface area (Å²) in [5.74, 6) is 1.38. The van der Waals surface area contributed by atoms with Crippen molar-refractivity contribution in [1.29, 1.82) is 0 Å². The quantitative estimate of drug-likeness (QED) is 0.263. The minimum atomic E-state index is 0.105. The molecule has 4 nitrogen and oxygen atoms in total. The number of rotatable bonds is 7. The maximum Gasteiger partial charge on any atom is 0.137 e. The number of halogens is 2. The van der Waals surface area contributed by atoms with Gasteiger partial charge in [0.2, 0.25) is 0 Å². The number of nitrogens with one attached hydrogen (secondary N) is 1. The number of benzene rings is 3. The van der Waals surface area contributed by atoms with Gasteiger partial charge >= 0.3 is 0 Å². The van der Waals surface area contributed by atoms with E-state index < -0.39 is 0 Å². The van der Waals surface area contributed by atoms with E-state index in [1.54, 1.807) is 0 Å². The molecule has 0 amide bonds. The van der Waals surface area contributed by atoms with Gasteiger partial charge in [0.15, 0.2) is 0 Å². The molecule has 1 aromatic heterocycles. The Hall–Kier alpha value is -2.63. The van der Waals surface area contributed by atoms with Crippen LogP contribution in [0.4, 0.5) is 0 Å². The highest BCUT2D eigenvalue weighted by Gasteiger charge is 2.33. The molecule has 1 aliphatic heterocycles. The molecule has 1 N–H and O–H groups in total. The molecule has 3 aromatic carbocycles. The van der Waals surface area contributed by atoms with Gasteiger partial charge in [-0.3, -0.25) is 9.80 Å². The lowest BCUT2D eigenvalue weighted by atomic mass is 9.94. The molecule has 0 saturated carbocycles. The highest BCUT2D eigenvalue weighted by molar-refractivity contribution is 6.31. The molecule has 0 aliphatic carbocycles. The van der Waals surface area contributed by atoms with Crippen LogP contribution in [0, 0.1) is 12.8 Å². The van der Waals surface area contributed by atoms with Gasteiger partial charge in [0.1, 0.15) is 5.82 Å². The Morgan fingerprint density at radius 2 is 1.32 bits per heavy atom. The Balaban J connectivity index is 1.39. The third-order valence-corrected chi connectivity index (χ3v) is 7.79. The molecule has 37 heavy (non-hydrogen) atoms. The Kier molecular flexibility index (Phi) is 8.01. The molecule has 0 bridgehead atoms. The van der Waals surface area contributed by atoms with E-state index in [1.165, 1.54) is 11.1 Å². The first kappa shape index (κ1) is 26.0. The van der Waals surface area contributed by atoms with Gasteiger partial charge in [-0.1, -0.05) is 91.6 Å². The Morgan fingerprint density at radius 3 is 1.86 bits per heavy atom. The van der Waals surface area contributed by atoms with Crippen LogP contribution in [0.2, 0.25) is 10.0 Å². The van der Waals surface area contributed by atoms with Gasteiger partial charge in [-0.25, -0.2) is 4.98 Å². The number of imidazole rings is 1. The second-order valence-corrected chi connectivity index (χ2v) is 11.1. The van der Waals surface area contributed by atoms with Gasteiger partial charge in [0.05, 0.1) is 17.8 Å². The molecule has 1 unspecified atom stereocenters. The number of aryl methyl sites for hydroxylation is 1. The molecule has 1 atom stereocenters. The molecular weight excluding hydrogens is 499 g/mol. The zero-order valence-electron chi connectivity index (χ0n) is 21.7. The van der Waals surface area contributed by atoms with Crippen molar-refractivity contribution in [1.82, 2.24) is 19.8 Å². The molecule has 1 fully saturated rings. The summed E-state index contributed by atoms with van der Waals surface area (Å²) in [6, 6.07) is 27.1. The molecular formula is C31H34Cl2N4. The van der Waals surface area contributed by atoms with E-state index in [1.807, 2.05) is 30.3 Å². The van der Waals surface area contributed by atoms with Crippen LogP contribution in [-0.4, -0.2) is 45.9 Å². The van der Waals surface area contributed by atoms with Crippen LogP contribution < -0.4 is 0 Å². The summed E-state index contributed by atoms with van der Waals surface area (Å²) in [7, 11) is 0.